The van der Waals surface area contributed by atoms with E-state index < -0.39 is 0 Å². The highest BCUT2D eigenvalue weighted by molar-refractivity contribution is 7.80. The van der Waals surface area contributed by atoms with Crippen LogP contribution in [-0.2, 0) is 6.42 Å². The lowest BCUT2D eigenvalue weighted by atomic mass is 10.4. The van der Waals surface area contributed by atoms with Crippen LogP contribution in [0.15, 0.2) is 12.4 Å². The summed E-state index contributed by atoms with van der Waals surface area (Å²) < 4.78 is 0. The molecule has 1 rings (SSSR count). The van der Waals surface area contributed by atoms with Crippen molar-refractivity contribution >= 4 is 17.3 Å². The van der Waals surface area contributed by atoms with Crippen molar-refractivity contribution in [3.8, 4) is 0 Å². The van der Waals surface area contributed by atoms with E-state index in [-0.39, 0.29) is 0 Å². The second kappa shape index (κ2) is 3.92. The number of imidazole rings is 1. The fourth-order valence-corrected chi connectivity index (χ4v) is 0.841. The molecule has 5 heteroatoms. The van der Waals surface area contributed by atoms with Crippen molar-refractivity contribution in [2.45, 2.75) is 6.42 Å². The monoisotopic (exact) mass is 170 g/mol. The maximum Gasteiger partial charge on any atom is 0.163 e. The molecule has 0 fully saturated rings. The first-order valence-corrected chi connectivity index (χ1v) is 3.71. The second-order valence-electron chi connectivity index (χ2n) is 2.08. The molecule has 0 spiro atoms. The Labute approximate surface area is 70.2 Å². The predicted octanol–water partition coefficient (Wildman–Crippen LogP) is -0.215. The van der Waals surface area contributed by atoms with Crippen LogP contribution in [0.3, 0.4) is 0 Å². The third-order valence-corrected chi connectivity index (χ3v) is 1.36. The average molecular weight is 170 g/mol. The molecule has 0 aliphatic carbocycles. The maximum absolute atomic E-state index is 5.22. The summed E-state index contributed by atoms with van der Waals surface area (Å²) in [5.74, 6) is 0.939. The summed E-state index contributed by atoms with van der Waals surface area (Å²) in [7, 11) is 0. The lowest BCUT2D eigenvalue weighted by Crippen LogP contribution is -2.30. The van der Waals surface area contributed by atoms with Crippen LogP contribution in [0.2, 0.25) is 0 Å². The van der Waals surface area contributed by atoms with Gasteiger partial charge in [-0.3, -0.25) is 0 Å². The van der Waals surface area contributed by atoms with Crippen LogP contribution in [0.25, 0.3) is 0 Å². The van der Waals surface area contributed by atoms with Gasteiger partial charge in [0.05, 0.1) is 0 Å². The molecule has 60 valence electrons. The van der Waals surface area contributed by atoms with E-state index in [0.717, 1.165) is 18.8 Å². The molecule has 0 amide bonds. The summed E-state index contributed by atoms with van der Waals surface area (Å²) in [5.41, 5.74) is 5.22. The minimum Gasteiger partial charge on any atom is -0.376 e. The van der Waals surface area contributed by atoms with Crippen molar-refractivity contribution in [1.82, 2.24) is 15.3 Å². The quantitative estimate of drug-likeness (QED) is 0.549. The smallest absolute Gasteiger partial charge is 0.163 e. The molecule has 0 atom stereocenters. The van der Waals surface area contributed by atoms with Crippen LogP contribution in [0.5, 0.6) is 0 Å². The number of nitrogens with two attached hydrogens (primary N) is 1. The van der Waals surface area contributed by atoms with Crippen LogP contribution < -0.4 is 11.1 Å². The van der Waals surface area contributed by atoms with Crippen molar-refractivity contribution in [3.63, 3.8) is 0 Å². The summed E-state index contributed by atoms with van der Waals surface area (Å²) in [5, 5.41) is 3.16. The molecule has 4 nitrogen and oxygen atoms in total. The number of hydrogen-bond acceptors (Lipinski definition) is 2. The summed E-state index contributed by atoms with van der Waals surface area (Å²) >= 11 is 4.63. The molecule has 4 N–H and O–H groups in total. The van der Waals surface area contributed by atoms with Crippen molar-refractivity contribution in [1.29, 1.82) is 0 Å². The topological polar surface area (TPSA) is 66.7 Å². The zero-order chi connectivity index (χ0) is 8.10. The molecule has 11 heavy (non-hydrogen) atoms. The Balaban J connectivity index is 2.19. The predicted molar refractivity (Wildman–Crippen MR) is 47.1 cm³/mol. The molecule has 0 aliphatic rings. The van der Waals surface area contributed by atoms with Gasteiger partial charge in [-0.2, -0.15) is 0 Å². The van der Waals surface area contributed by atoms with Gasteiger partial charge in [0, 0.05) is 25.4 Å². The van der Waals surface area contributed by atoms with Gasteiger partial charge >= 0.3 is 0 Å². The Morgan fingerprint density at radius 1 is 1.82 bits per heavy atom. The van der Waals surface area contributed by atoms with E-state index in [1.165, 1.54) is 0 Å². The van der Waals surface area contributed by atoms with Gasteiger partial charge in [-0.25, -0.2) is 4.98 Å². The van der Waals surface area contributed by atoms with Crippen LogP contribution in [0.1, 0.15) is 5.82 Å². The van der Waals surface area contributed by atoms with Gasteiger partial charge in [-0.1, -0.05) is 0 Å². The molecule has 0 saturated carbocycles. The molecular weight excluding hydrogens is 160 g/mol. The molecule has 1 aromatic rings. The first-order chi connectivity index (χ1) is 5.29. The van der Waals surface area contributed by atoms with Gasteiger partial charge in [-0.05, 0) is 12.2 Å². The number of aromatic nitrogens is 2. The normalized spacial score (nSPS) is 9.45. The highest BCUT2D eigenvalue weighted by atomic mass is 32.1. The molecule has 0 bridgehead atoms. The highest BCUT2D eigenvalue weighted by Crippen LogP contribution is 1.87. The minimum absolute atomic E-state index is 0.330. The Bertz CT molecular complexity index is 218. The molecule has 0 saturated heterocycles. The maximum atomic E-state index is 5.22. The SMILES string of the molecule is NC(=S)NCCc1ncc[nH]1. The number of hydrogen-bond donors (Lipinski definition) is 3. The van der Waals surface area contributed by atoms with Crippen LogP contribution >= 0.6 is 12.2 Å². The number of nitrogens with one attached hydrogen (secondary N) is 2. The van der Waals surface area contributed by atoms with Crippen molar-refractivity contribution in [2.75, 3.05) is 6.54 Å². The Hall–Kier alpha value is -1.10. The Morgan fingerprint density at radius 2 is 2.64 bits per heavy atom. The van der Waals surface area contributed by atoms with Gasteiger partial charge in [0.25, 0.3) is 0 Å². The molecule has 1 heterocycles. The summed E-state index contributed by atoms with van der Waals surface area (Å²) in [6, 6.07) is 0. The van der Waals surface area contributed by atoms with E-state index in [9.17, 15) is 0 Å². The van der Waals surface area contributed by atoms with Crippen LogP contribution in [0, 0.1) is 0 Å². The number of thiocarbonyl (C=S) groups is 1. The van der Waals surface area contributed by atoms with E-state index >= 15 is 0 Å². The van der Waals surface area contributed by atoms with Gasteiger partial charge in [0.2, 0.25) is 0 Å². The lowest BCUT2D eigenvalue weighted by molar-refractivity contribution is 0.826. The first kappa shape index (κ1) is 8.00. The van der Waals surface area contributed by atoms with Crippen molar-refractivity contribution < 1.29 is 0 Å². The number of nitrogens with zero attached hydrogens (tertiary/aromatic N) is 1. The largest absolute Gasteiger partial charge is 0.376 e. The van der Waals surface area contributed by atoms with E-state index in [1.807, 2.05) is 0 Å². The zero-order valence-electron chi connectivity index (χ0n) is 6.00. The summed E-state index contributed by atoms with van der Waals surface area (Å²) in [6.45, 7) is 0.725. The third kappa shape index (κ3) is 2.99. The van der Waals surface area contributed by atoms with E-state index in [1.54, 1.807) is 12.4 Å². The van der Waals surface area contributed by atoms with Gasteiger partial charge in [-0.15, -0.1) is 0 Å². The highest BCUT2D eigenvalue weighted by Gasteiger charge is 1.93. The zero-order valence-corrected chi connectivity index (χ0v) is 6.82. The van der Waals surface area contributed by atoms with E-state index in [4.69, 9.17) is 5.73 Å². The molecule has 0 radical (unpaired) electrons. The summed E-state index contributed by atoms with van der Waals surface area (Å²) in [4.78, 5) is 7.01. The Morgan fingerprint density at radius 3 is 3.18 bits per heavy atom. The number of H-pyrrole nitrogens is 1. The minimum atomic E-state index is 0.330. The standard InChI is InChI=1S/C6H10N4S/c7-6(11)10-2-1-5-8-3-4-9-5/h3-4H,1-2H2,(H,8,9)(H3,7,10,11). The fraction of sp³-hybridized carbons (Fsp3) is 0.333. The fourth-order valence-electron chi connectivity index (χ4n) is 0.739. The van der Waals surface area contributed by atoms with Gasteiger partial charge in [0.1, 0.15) is 5.82 Å². The molecule has 0 aromatic carbocycles. The summed E-state index contributed by atoms with van der Waals surface area (Å²) in [6.07, 6.45) is 4.32. The van der Waals surface area contributed by atoms with Gasteiger partial charge < -0.3 is 16.0 Å². The second-order valence-corrected chi connectivity index (χ2v) is 2.52. The van der Waals surface area contributed by atoms with Gasteiger partial charge in [0.15, 0.2) is 5.11 Å². The molecule has 1 aromatic heterocycles. The lowest BCUT2D eigenvalue weighted by Gasteiger charge is -1.99. The van der Waals surface area contributed by atoms with Crippen molar-refractivity contribution in [2.24, 2.45) is 5.73 Å². The van der Waals surface area contributed by atoms with E-state index in [0.29, 0.717) is 5.11 Å². The van der Waals surface area contributed by atoms with Crippen molar-refractivity contribution in [3.05, 3.63) is 18.2 Å². The molecule has 0 aliphatic heterocycles. The molecular formula is C6H10N4S. The number of aromatic amines is 1. The third-order valence-electron chi connectivity index (χ3n) is 1.22. The van der Waals surface area contributed by atoms with Crippen LogP contribution in [0.4, 0.5) is 0 Å². The number of rotatable bonds is 3. The first-order valence-electron chi connectivity index (χ1n) is 3.30. The van der Waals surface area contributed by atoms with Crippen LogP contribution in [-0.4, -0.2) is 21.6 Å². The Kier molecular flexibility index (Phi) is 2.85. The average Bonchev–Trinajstić information content (AvgIpc) is 2.39. The van der Waals surface area contributed by atoms with E-state index in [2.05, 4.69) is 27.5 Å². The molecule has 0 unspecified atom stereocenters.